The predicted octanol–water partition coefficient (Wildman–Crippen LogP) is 4.61. The minimum absolute atomic E-state index is 0.0331. The van der Waals surface area contributed by atoms with Gasteiger partial charge in [0.15, 0.2) is 0 Å². The molecular weight excluding hydrogens is 428 g/mol. The summed E-state index contributed by atoms with van der Waals surface area (Å²) in [6.07, 6.45) is 1.58. The van der Waals surface area contributed by atoms with Gasteiger partial charge in [-0.15, -0.1) is 0 Å². The second-order valence-electron chi connectivity index (χ2n) is 8.42. The fraction of sp³-hybridized carbons (Fsp3) is 0.357. The number of benzene rings is 2. The minimum atomic E-state index is -0.331. The van der Waals surface area contributed by atoms with Gasteiger partial charge in [0.1, 0.15) is 18.1 Å². The normalized spacial score (nSPS) is 10.9. The van der Waals surface area contributed by atoms with E-state index in [2.05, 4.69) is 12.1 Å². The fourth-order valence-corrected chi connectivity index (χ4v) is 3.75. The average Bonchev–Trinajstić information content (AvgIpc) is 3.26. The van der Waals surface area contributed by atoms with Crippen molar-refractivity contribution in [2.45, 2.75) is 39.8 Å². The molecule has 3 rings (SSSR count). The molecule has 0 radical (unpaired) electrons. The molecule has 0 aliphatic rings. The standard InChI is InChI=1S/C28H34N2O4/c1-3-17-29(21-28(32)33-22-25-12-8-5-9-13-25)20-27(31)30(19-26-15-14-23(2)34-26)18-16-24-10-6-4-7-11-24/h4-15H,3,16-22H2,1-2H3. The van der Waals surface area contributed by atoms with Crippen molar-refractivity contribution in [3.63, 3.8) is 0 Å². The van der Waals surface area contributed by atoms with E-state index in [1.807, 2.05) is 84.3 Å². The van der Waals surface area contributed by atoms with Gasteiger partial charge in [-0.2, -0.15) is 0 Å². The number of esters is 1. The number of carbonyl (C=O) groups excluding carboxylic acids is 2. The number of rotatable bonds is 13. The van der Waals surface area contributed by atoms with E-state index in [0.29, 0.717) is 19.6 Å². The lowest BCUT2D eigenvalue weighted by Gasteiger charge is -2.26. The van der Waals surface area contributed by atoms with Gasteiger partial charge >= 0.3 is 5.97 Å². The first kappa shape index (κ1) is 25.2. The third-order valence-electron chi connectivity index (χ3n) is 5.50. The van der Waals surface area contributed by atoms with E-state index in [9.17, 15) is 9.59 Å². The molecule has 34 heavy (non-hydrogen) atoms. The van der Waals surface area contributed by atoms with Crippen LogP contribution in [0.2, 0.25) is 0 Å². The number of carbonyl (C=O) groups is 2. The van der Waals surface area contributed by atoms with Crippen LogP contribution in [0.5, 0.6) is 0 Å². The third-order valence-corrected chi connectivity index (χ3v) is 5.50. The van der Waals surface area contributed by atoms with Crippen LogP contribution in [0, 0.1) is 6.92 Å². The predicted molar refractivity (Wildman–Crippen MR) is 132 cm³/mol. The summed E-state index contributed by atoms with van der Waals surface area (Å²) in [6, 6.07) is 23.5. The van der Waals surface area contributed by atoms with Gasteiger partial charge in [-0.3, -0.25) is 14.5 Å². The molecule has 180 valence electrons. The molecular formula is C28H34N2O4. The average molecular weight is 463 g/mol. The molecule has 6 heteroatoms. The first-order valence-corrected chi connectivity index (χ1v) is 11.8. The minimum Gasteiger partial charge on any atom is -0.464 e. The molecule has 1 aromatic heterocycles. The Morgan fingerprint density at radius 1 is 0.853 bits per heavy atom. The lowest BCUT2D eigenvalue weighted by molar-refractivity contribution is -0.147. The van der Waals surface area contributed by atoms with Crippen LogP contribution in [0.3, 0.4) is 0 Å². The molecule has 0 bridgehead atoms. The zero-order chi connectivity index (χ0) is 24.2. The van der Waals surface area contributed by atoms with Gasteiger partial charge < -0.3 is 14.1 Å². The summed E-state index contributed by atoms with van der Waals surface area (Å²) in [6.45, 7) is 6.00. The summed E-state index contributed by atoms with van der Waals surface area (Å²) in [5.74, 6) is 1.21. The van der Waals surface area contributed by atoms with Gasteiger partial charge in [-0.05, 0) is 49.6 Å². The van der Waals surface area contributed by atoms with E-state index >= 15 is 0 Å². The fourth-order valence-electron chi connectivity index (χ4n) is 3.75. The number of ether oxygens (including phenoxy) is 1. The van der Waals surface area contributed by atoms with Crippen LogP contribution < -0.4 is 0 Å². The van der Waals surface area contributed by atoms with Gasteiger partial charge in [0.05, 0.1) is 19.6 Å². The Hall–Kier alpha value is -3.38. The van der Waals surface area contributed by atoms with Crippen LogP contribution in [-0.4, -0.2) is 47.9 Å². The lowest BCUT2D eigenvalue weighted by atomic mass is 10.1. The molecule has 3 aromatic rings. The van der Waals surface area contributed by atoms with Crippen molar-refractivity contribution in [3.05, 3.63) is 95.4 Å². The first-order valence-electron chi connectivity index (χ1n) is 11.8. The van der Waals surface area contributed by atoms with Gasteiger partial charge in [0.25, 0.3) is 0 Å². The molecule has 0 aliphatic heterocycles. The Morgan fingerprint density at radius 2 is 1.53 bits per heavy atom. The van der Waals surface area contributed by atoms with Crippen LogP contribution in [0.1, 0.15) is 36.0 Å². The van der Waals surface area contributed by atoms with E-state index in [1.165, 1.54) is 5.56 Å². The quantitative estimate of drug-likeness (QED) is 0.347. The molecule has 1 amide bonds. The second-order valence-corrected chi connectivity index (χ2v) is 8.42. The summed E-state index contributed by atoms with van der Waals surface area (Å²) in [5, 5.41) is 0. The summed E-state index contributed by atoms with van der Waals surface area (Å²) in [5.41, 5.74) is 2.11. The first-order chi connectivity index (χ1) is 16.5. The molecule has 2 aromatic carbocycles. The number of nitrogens with zero attached hydrogens (tertiary/aromatic N) is 2. The molecule has 0 aliphatic carbocycles. The highest BCUT2D eigenvalue weighted by atomic mass is 16.5. The van der Waals surface area contributed by atoms with Crippen LogP contribution in [0.25, 0.3) is 0 Å². The van der Waals surface area contributed by atoms with Crippen molar-refractivity contribution in [3.8, 4) is 0 Å². The number of amides is 1. The summed E-state index contributed by atoms with van der Waals surface area (Å²) >= 11 is 0. The van der Waals surface area contributed by atoms with Crippen molar-refractivity contribution in [1.82, 2.24) is 9.80 Å². The summed E-state index contributed by atoms with van der Waals surface area (Å²) < 4.78 is 11.2. The molecule has 0 spiro atoms. The smallest absolute Gasteiger partial charge is 0.320 e. The van der Waals surface area contributed by atoms with E-state index in [-0.39, 0.29) is 31.6 Å². The second kappa shape index (κ2) is 13.4. The van der Waals surface area contributed by atoms with E-state index in [0.717, 1.165) is 29.9 Å². The van der Waals surface area contributed by atoms with Crippen LogP contribution in [0.15, 0.2) is 77.2 Å². The highest BCUT2D eigenvalue weighted by molar-refractivity contribution is 5.79. The number of hydrogen-bond donors (Lipinski definition) is 0. The zero-order valence-corrected chi connectivity index (χ0v) is 20.1. The van der Waals surface area contributed by atoms with Crippen molar-refractivity contribution >= 4 is 11.9 Å². The van der Waals surface area contributed by atoms with E-state index in [1.54, 1.807) is 0 Å². The van der Waals surface area contributed by atoms with Gasteiger partial charge in [0.2, 0.25) is 5.91 Å². The number of furan rings is 1. The molecule has 0 saturated heterocycles. The summed E-state index contributed by atoms with van der Waals surface area (Å²) in [7, 11) is 0. The molecule has 0 saturated carbocycles. The van der Waals surface area contributed by atoms with Crippen molar-refractivity contribution in [2.75, 3.05) is 26.2 Å². The summed E-state index contributed by atoms with van der Waals surface area (Å²) in [4.78, 5) is 29.4. The Bertz CT molecular complexity index is 1020. The molecule has 0 fully saturated rings. The third kappa shape index (κ3) is 8.52. The van der Waals surface area contributed by atoms with Crippen LogP contribution in [-0.2, 0) is 33.9 Å². The number of aryl methyl sites for hydroxylation is 1. The van der Waals surface area contributed by atoms with Gasteiger partial charge in [-0.25, -0.2) is 0 Å². The SMILES string of the molecule is CCCN(CC(=O)OCc1ccccc1)CC(=O)N(CCc1ccccc1)Cc1ccc(C)o1. The molecule has 6 nitrogen and oxygen atoms in total. The van der Waals surface area contributed by atoms with E-state index < -0.39 is 0 Å². The molecule has 0 unspecified atom stereocenters. The van der Waals surface area contributed by atoms with Gasteiger partial charge in [0, 0.05) is 6.54 Å². The maximum absolute atomic E-state index is 13.3. The Balaban J connectivity index is 1.60. The van der Waals surface area contributed by atoms with Crippen LogP contribution in [0.4, 0.5) is 0 Å². The van der Waals surface area contributed by atoms with Crippen molar-refractivity contribution in [2.24, 2.45) is 0 Å². The van der Waals surface area contributed by atoms with Crippen LogP contribution >= 0.6 is 0 Å². The van der Waals surface area contributed by atoms with E-state index in [4.69, 9.17) is 9.15 Å². The topological polar surface area (TPSA) is 63.0 Å². The Morgan fingerprint density at radius 3 is 2.15 bits per heavy atom. The molecule has 0 atom stereocenters. The van der Waals surface area contributed by atoms with Crippen molar-refractivity contribution in [1.29, 1.82) is 0 Å². The number of hydrogen-bond acceptors (Lipinski definition) is 5. The maximum Gasteiger partial charge on any atom is 0.320 e. The lowest BCUT2D eigenvalue weighted by Crippen LogP contribution is -2.43. The Kier molecular flexibility index (Phi) is 9.92. The largest absolute Gasteiger partial charge is 0.464 e. The highest BCUT2D eigenvalue weighted by Gasteiger charge is 2.21. The maximum atomic E-state index is 13.3. The molecule has 1 heterocycles. The Labute approximate surface area is 202 Å². The zero-order valence-electron chi connectivity index (χ0n) is 20.1. The highest BCUT2D eigenvalue weighted by Crippen LogP contribution is 2.12. The van der Waals surface area contributed by atoms with Gasteiger partial charge in [-0.1, -0.05) is 67.6 Å². The molecule has 0 N–H and O–H groups in total. The van der Waals surface area contributed by atoms with Crippen molar-refractivity contribution < 1.29 is 18.7 Å². The monoisotopic (exact) mass is 462 g/mol.